The third-order valence-electron chi connectivity index (χ3n) is 9.56. The number of pyridine rings is 1. The van der Waals surface area contributed by atoms with Crippen molar-refractivity contribution in [3.8, 4) is 0 Å². The van der Waals surface area contributed by atoms with Gasteiger partial charge in [-0.1, -0.05) is 206 Å². The fourth-order valence-corrected chi connectivity index (χ4v) is 6.68. The largest absolute Gasteiger partial charge is 0.258 e. The van der Waals surface area contributed by atoms with Crippen molar-refractivity contribution in [3.05, 3.63) is 36.0 Å². The monoisotopic (exact) mass is 597 g/mol. The van der Waals surface area contributed by atoms with Crippen LogP contribution in [-0.2, 0) is 12.8 Å². The number of unbranched alkanes of at least 4 members (excludes halogenated alkanes) is 30. The van der Waals surface area contributed by atoms with Gasteiger partial charge in [-0.3, -0.25) is 4.98 Å². The molecule has 0 bridgehead atoms. The Kier molecular flexibility index (Phi) is 30.4. The van der Waals surface area contributed by atoms with E-state index in [9.17, 15) is 0 Å². The molecule has 1 heteroatoms. The maximum absolute atomic E-state index is 5.01. The molecule has 0 aliphatic carbocycles. The average Bonchev–Trinajstić information content (AvgIpc) is 3.00. The van der Waals surface area contributed by atoms with Crippen LogP contribution in [0.25, 0.3) is 0 Å². The van der Waals surface area contributed by atoms with Crippen LogP contribution < -0.4 is 0 Å². The van der Waals surface area contributed by atoms with Crippen molar-refractivity contribution in [2.75, 3.05) is 0 Å². The molecule has 0 aromatic carbocycles. The topological polar surface area (TPSA) is 12.9 Å². The normalized spacial score (nSPS) is 11.5. The summed E-state index contributed by atoms with van der Waals surface area (Å²) in [6, 6.07) is 4.45. The van der Waals surface area contributed by atoms with Gasteiger partial charge in [-0.2, -0.15) is 0 Å². The quantitative estimate of drug-likeness (QED) is 0.0721. The molecule has 0 fully saturated rings. The van der Waals surface area contributed by atoms with Crippen molar-refractivity contribution in [1.82, 2.24) is 4.98 Å². The Labute approximate surface area is 272 Å². The molecule has 1 rings (SSSR count). The molecule has 1 radical (unpaired) electrons. The fraction of sp³-hybridized carbons (Fsp3) is 0.857. The van der Waals surface area contributed by atoms with Crippen molar-refractivity contribution < 1.29 is 0 Å². The molecule has 0 N–H and O–H groups in total. The molecule has 1 heterocycles. The summed E-state index contributed by atoms with van der Waals surface area (Å²) in [4.78, 5) is 5.01. The van der Waals surface area contributed by atoms with Crippen molar-refractivity contribution in [1.29, 1.82) is 0 Å². The van der Waals surface area contributed by atoms with E-state index in [0.717, 1.165) is 18.4 Å². The highest BCUT2D eigenvalue weighted by molar-refractivity contribution is 5.24. The number of hydrogen-bond acceptors (Lipinski definition) is 1. The molecule has 0 aliphatic heterocycles. The molecule has 0 saturated carbocycles. The molecule has 0 atom stereocenters. The van der Waals surface area contributed by atoms with E-state index in [1.165, 1.54) is 217 Å². The van der Waals surface area contributed by atoms with Gasteiger partial charge in [0.05, 0.1) is 0 Å². The maximum Gasteiger partial charge on any atom is 0.0409 e. The van der Waals surface area contributed by atoms with E-state index in [1.807, 2.05) is 0 Å². The van der Waals surface area contributed by atoms with E-state index in [2.05, 4.69) is 32.9 Å². The molecular formula is C42H78N. The average molecular weight is 597 g/mol. The van der Waals surface area contributed by atoms with Crippen molar-refractivity contribution >= 4 is 0 Å². The Morgan fingerprint density at radius 2 is 0.558 bits per heavy atom. The van der Waals surface area contributed by atoms with Crippen LogP contribution in [0.15, 0.2) is 12.1 Å². The van der Waals surface area contributed by atoms with Gasteiger partial charge in [-0.25, -0.2) is 0 Å². The van der Waals surface area contributed by atoms with Crippen LogP contribution in [-0.4, -0.2) is 4.98 Å². The highest BCUT2D eigenvalue weighted by atomic mass is 14.7. The molecule has 1 aromatic heterocycles. The molecule has 0 aliphatic rings. The van der Waals surface area contributed by atoms with Crippen LogP contribution in [0.2, 0.25) is 0 Å². The molecule has 0 amide bonds. The molecule has 0 unspecified atom stereocenters. The first kappa shape index (κ1) is 40.2. The lowest BCUT2D eigenvalue weighted by Crippen LogP contribution is -1.98. The fourth-order valence-electron chi connectivity index (χ4n) is 6.68. The Morgan fingerprint density at radius 3 is 0.791 bits per heavy atom. The standard InChI is InChI=1S/C42H78N/c1-4-6-8-10-12-14-16-18-20-22-24-26-28-30-32-34-36-41-38-40(3)39-42(43-41)37-35-33-31-29-27-25-23-21-19-17-15-13-11-9-7-5-2/h38-39H,3-37H2,1-2H3. The van der Waals surface area contributed by atoms with Gasteiger partial charge >= 0.3 is 0 Å². The SMILES string of the molecule is [CH2]c1cc(CCCCCCCCCCCCCCCCCC)nc(CCCCCCCCCCCCCCCCCC)c1. The number of nitrogens with zero attached hydrogens (tertiary/aromatic N) is 1. The number of aryl methyl sites for hydroxylation is 2. The Hall–Kier alpha value is -0.850. The zero-order chi connectivity index (χ0) is 30.9. The summed E-state index contributed by atoms with van der Waals surface area (Å²) in [6.45, 7) is 8.86. The predicted molar refractivity (Wildman–Crippen MR) is 195 cm³/mol. The van der Waals surface area contributed by atoms with Gasteiger partial charge in [0.1, 0.15) is 0 Å². The van der Waals surface area contributed by atoms with E-state index in [-0.39, 0.29) is 0 Å². The minimum Gasteiger partial charge on any atom is -0.258 e. The first-order valence-corrected chi connectivity index (χ1v) is 20.1. The number of aromatic nitrogens is 1. The summed E-state index contributed by atoms with van der Waals surface area (Å²) in [6.07, 6.45) is 48.0. The van der Waals surface area contributed by atoms with Crippen LogP contribution in [0, 0.1) is 6.92 Å². The van der Waals surface area contributed by atoms with Crippen LogP contribution in [0.1, 0.15) is 236 Å². The summed E-state index contributed by atoms with van der Waals surface area (Å²) >= 11 is 0. The van der Waals surface area contributed by atoms with Crippen LogP contribution >= 0.6 is 0 Å². The zero-order valence-electron chi connectivity index (χ0n) is 29.9. The van der Waals surface area contributed by atoms with Crippen molar-refractivity contribution in [3.63, 3.8) is 0 Å². The summed E-state index contributed by atoms with van der Waals surface area (Å²) in [5, 5.41) is 0. The summed E-state index contributed by atoms with van der Waals surface area (Å²) < 4.78 is 0. The summed E-state index contributed by atoms with van der Waals surface area (Å²) in [5.41, 5.74) is 3.72. The van der Waals surface area contributed by atoms with E-state index in [1.54, 1.807) is 0 Å². The van der Waals surface area contributed by atoms with Gasteiger partial charge in [0.2, 0.25) is 0 Å². The van der Waals surface area contributed by atoms with Gasteiger partial charge in [-0.15, -0.1) is 0 Å². The minimum atomic E-state index is 1.13. The third-order valence-corrected chi connectivity index (χ3v) is 9.56. The van der Waals surface area contributed by atoms with Gasteiger partial charge in [0.15, 0.2) is 0 Å². The van der Waals surface area contributed by atoms with Gasteiger partial charge in [-0.05, 0) is 50.3 Å². The molecule has 0 saturated heterocycles. The summed E-state index contributed by atoms with van der Waals surface area (Å²) in [5.74, 6) is 0. The highest BCUT2D eigenvalue weighted by Gasteiger charge is 2.03. The Bertz CT molecular complexity index is 625. The zero-order valence-corrected chi connectivity index (χ0v) is 29.9. The lowest BCUT2D eigenvalue weighted by Gasteiger charge is -2.08. The third kappa shape index (κ3) is 28.4. The van der Waals surface area contributed by atoms with Gasteiger partial charge in [0, 0.05) is 11.4 Å². The maximum atomic E-state index is 5.01. The molecular weight excluding hydrogens is 518 g/mol. The summed E-state index contributed by atoms with van der Waals surface area (Å²) in [7, 11) is 0. The smallest absolute Gasteiger partial charge is 0.0409 e. The van der Waals surface area contributed by atoms with E-state index < -0.39 is 0 Å². The molecule has 1 nitrogen and oxygen atoms in total. The lowest BCUT2D eigenvalue weighted by atomic mass is 10.0. The Balaban J connectivity index is 1.91. The molecule has 0 spiro atoms. The molecule has 43 heavy (non-hydrogen) atoms. The van der Waals surface area contributed by atoms with Crippen LogP contribution in [0.3, 0.4) is 0 Å². The van der Waals surface area contributed by atoms with Crippen LogP contribution in [0.5, 0.6) is 0 Å². The first-order chi connectivity index (χ1) is 21.3. The molecule has 251 valence electrons. The lowest BCUT2D eigenvalue weighted by molar-refractivity contribution is 0.528. The van der Waals surface area contributed by atoms with Crippen molar-refractivity contribution in [2.45, 2.75) is 232 Å². The minimum absolute atomic E-state index is 1.13. The van der Waals surface area contributed by atoms with E-state index >= 15 is 0 Å². The second kappa shape index (κ2) is 32.5. The Morgan fingerprint density at radius 1 is 0.349 bits per heavy atom. The van der Waals surface area contributed by atoms with Gasteiger partial charge in [0.25, 0.3) is 0 Å². The second-order valence-electron chi connectivity index (χ2n) is 14.1. The van der Waals surface area contributed by atoms with Crippen molar-refractivity contribution in [2.24, 2.45) is 0 Å². The number of hydrogen-bond donors (Lipinski definition) is 0. The van der Waals surface area contributed by atoms with E-state index in [4.69, 9.17) is 4.98 Å². The first-order valence-electron chi connectivity index (χ1n) is 20.1. The highest BCUT2D eigenvalue weighted by Crippen LogP contribution is 2.17. The van der Waals surface area contributed by atoms with E-state index in [0.29, 0.717) is 0 Å². The second-order valence-corrected chi connectivity index (χ2v) is 14.1. The molecule has 1 aromatic rings. The van der Waals surface area contributed by atoms with Crippen LogP contribution in [0.4, 0.5) is 0 Å². The number of rotatable bonds is 34. The van der Waals surface area contributed by atoms with Gasteiger partial charge < -0.3 is 0 Å². The predicted octanol–water partition coefficient (Wildman–Crippen LogP) is 14.9.